The van der Waals surface area contributed by atoms with E-state index in [1.165, 1.54) is 6.33 Å². The molecule has 242 valence electrons. The van der Waals surface area contributed by atoms with Gasteiger partial charge in [0.1, 0.15) is 34.9 Å². The number of fused-ring (bicyclic) bond motifs is 1. The lowest BCUT2D eigenvalue weighted by Gasteiger charge is -2.51. The third kappa shape index (κ3) is 6.39. The molecule has 3 saturated heterocycles. The first-order valence-electron chi connectivity index (χ1n) is 16.5. The zero-order chi connectivity index (χ0) is 31.8. The van der Waals surface area contributed by atoms with E-state index in [0.717, 1.165) is 98.7 Å². The van der Waals surface area contributed by atoms with Crippen molar-refractivity contribution in [3.05, 3.63) is 60.9 Å². The number of piperidine rings is 2. The normalized spacial score (nSPS) is 19.3. The average molecular weight is 625 g/mol. The highest BCUT2D eigenvalue weighted by molar-refractivity contribution is 5.98. The van der Waals surface area contributed by atoms with Gasteiger partial charge in [0.05, 0.1) is 11.4 Å². The Morgan fingerprint density at radius 3 is 2.13 bits per heavy atom. The molecule has 0 atom stereocenters. The molecule has 11 nitrogen and oxygen atoms in total. The molecule has 2 N–H and O–H groups in total. The zero-order valence-corrected chi connectivity index (χ0v) is 27.0. The quantitative estimate of drug-likeness (QED) is 0.293. The smallest absolute Gasteiger partial charge is 0.410 e. The Kier molecular flexibility index (Phi) is 8.29. The highest BCUT2D eigenvalue weighted by Crippen LogP contribution is 2.36. The molecule has 0 radical (unpaired) electrons. The van der Waals surface area contributed by atoms with Gasteiger partial charge in [0.2, 0.25) is 0 Å². The highest BCUT2D eigenvalue weighted by Gasteiger charge is 2.39. The van der Waals surface area contributed by atoms with Crippen molar-refractivity contribution in [1.29, 1.82) is 0 Å². The van der Waals surface area contributed by atoms with E-state index in [4.69, 9.17) is 20.3 Å². The molecular formula is C35H44N8O3. The summed E-state index contributed by atoms with van der Waals surface area (Å²) in [5.74, 6) is 2.00. The van der Waals surface area contributed by atoms with Crippen LogP contribution in [0.5, 0.6) is 11.5 Å². The number of rotatable bonds is 6. The predicted octanol–water partition coefficient (Wildman–Crippen LogP) is 5.59. The van der Waals surface area contributed by atoms with Crippen LogP contribution in [0.2, 0.25) is 0 Å². The van der Waals surface area contributed by atoms with Gasteiger partial charge in [0.25, 0.3) is 0 Å². The third-order valence-electron chi connectivity index (χ3n) is 9.51. The number of para-hydroxylation sites is 1. The zero-order valence-electron chi connectivity index (χ0n) is 27.0. The summed E-state index contributed by atoms with van der Waals surface area (Å²) in [5, 5.41) is 5.90. The van der Waals surface area contributed by atoms with Gasteiger partial charge < -0.3 is 20.1 Å². The first-order valence-corrected chi connectivity index (χ1v) is 16.5. The van der Waals surface area contributed by atoms with E-state index in [1.54, 1.807) is 0 Å². The fourth-order valence-corrected chi connectivity index (χ4v) is 7.01. The molecule has 3 aliphatic rings. The number of hydrogen-bond acceptors (Lipinski definition) is 9. The summed E-state index contributed by atoms with van der Waals surface area (Å²) in [4.78, 5) is 28.5. The first-order chi connectivity index (χ1) is 22.2. The molecule has 4 aromatic rings. The van der Waals surface area contributed by atoms with E-state index >= 15 is 0 Å². The Morgan fingerprint density at radius 1 is 0.804 bits per heavy atom. The summed E-state index contributed by atoms with van der Waals surface area (Å²) in [6, 6.07) is 19.1. The predicted molar refractivity (Wildman–Crippen MR) is 178 cm³/mol. The van der Waals surface area contributed by atoms with Gasteiger partial charge in [-0.25, -0.2) is 19.4 Å². The molecule has 2 aromatic heterocycles. The lowest BCUT2D eigenvalue weighted by atomic mass is 9.95. The van der Waals surface area contributed by atoms with Gasteiger partial charge in [-0.1, -0.05) is 18.2 Å². The molecule has 0 aliphatic carbocycles. The van der Waals surface area contributed by atoms with Crippen molar-refractivity contribution in [2.45, 2.75) is 70.2 Å². The maximum Gasteiger partial charge on any atom is 0.410 e. The molecule has 0 bridgehead atoms. The number of anilines is 1. The average Bonchev–Trinajstić information content (AvgIpc) is 3.42. The molecule has 11 heteroatoms. The van der Waals surface area contributed by atoms with Crippen LogP contribution in [0.25, 0.3) is 22.3 Å². The van der Waals surface area contributed by atoms with E-state index in [1.807, 2.05) is 80.3 Å². The van der Waals surface area contributed by atoms with Crippen LogP contribution in [-0.2, 0) is 4.74 Å². The molecule has 1 amide bonds. The van der Waals surface area contributed by atoms with Crippen LogP contribution < -0.4 is 10.5 Å². The first kappa shape index (κ1) is 30.4. The van der Waals surface area contributed by atoms with Crippen LogP contribution in [-0.4, -0.2) is 97.5 Å². The van der Waals surface area contributed by atoms with Crippen molar-refractivity contribution >= 4 is 22.9 Å². The van der Waals surface area contributed by atoms with Crippen molar-refractivity contribution in [1.82, 2.24) is 34.4 Å². The van der Waals surface area contributed by atoms with Crippen molar-refractivity contribution in [2.75, 3.05) is 45.0 Å². The maximum absolute atomic E-state index is 12.5. The number of amides is 1. The fourth-order valence-electron chi connectivity index (χ4n) is 7.01. The summed E-state index contributed by atoms with van der Waals surface area (Å²) in [7, 11) is 0. The minimum absolute atomic E-state index is 0.187. The standard InChI is InChI=1S/C35H44N8O3/c1-35(2,3)46-34(44)41-19-13-25(14-20-41)42-21-27(22-42)40-17-15-26(16-18-40)43-33-30(32(36)37-23-38-33)31(39-43)24-9-11-29(12-10-24)45-28-7-5-4-6-8-28/h4-12,23,25-27H,13-22H2,1-3H3,(H2,36,37,38). The largest absolute Gasteiger partial charge is 0.457 e. The van der Waals surface area contributed by atoms with Gasteiger partial charge in [-0.3, -0.25) is 9.80 Å². The minimum Gasteiger partial charge on any atom is -0.457 e. The fraction of sp³-hybridized carbons (Fsp3) is 0.486. The molecule has 0 spiro atoms. The van der Waals surface area contributed by atoms with Crippen LogP contribution in [0.1, 0.15) is 52.5 Å². The maximum atomic E-state index is 12.5. The second kappa shape index (κ2) is 12.5. The minimum atomic E-state index is -0.453. The molecule has 0 unspecified atom stereocenters. The number of hydrogen-bond donors (Lipinski definition) is 1. The lowest BCUT2D eigenvalue weighted by molar-refractivity contribution is -0.0294. The summed E-state index contributed by atoms with van der Waals surface area (Å²) < 4.78 is 13.6. The van der Waals surface area contributed by atoms with Gasteiger partial charge in [-0.15, -0.1) is 0 Å². The Morgan fingerprint density at radius 2 is 1.46 bits per heavy atom. The van der Waals surface area contributed by atoms with Crippen LogP contribution in [0.15, 0.2) is 60.9 Å². The molecular weight excluding hydrogens is 580 g/mol. The van der Waals surface area contributed by atoms with E-state index in [9.17, 15) is 4.79 Å². The van der Waals surface area contributed by atoms with Gasteiger partial charge >= 0.3 is 6.09 Å². The van der Waals surface area contributed by atoms with Crippen molar-refractivity contribution in [2.24, 2.45) is 0 Å². The Hall–Kier alpha value is -4.22. The summed E-state index contributed by atoms with van der Waals surface area (Å²) in [6.45, 7) is 11.6. The van der Waals surface area contributed by atoms with Crippen molar-refractivity contribution in [3.8, 4) is 22.8 Å². The van der Waals surface area contributed by atoms with Gasteiger partial charge in [-0.2, -0.15) is 5.10 Å². The second-order valence-electron chi connectivity index (χ2n) is 13.8. The van der Waals surface area contributed by atoms with Gasteiger partial charge in [0, 0.05) is 56.9 Å². The topological polar surface area (TPSA) is 115 Å². The number of carbonyl (C=O) groups is 1. The molecule has 2 aromatic carbocycles. The molecule has 0 saturated carbocycles. The molecule has 46 heavy (non-hydrogen) atoms. The monoisotopic (exact) mass is 624 g/mol. The van der Waals surface area contributed by atoms with Crippen LogP contribution in [0, 0.1) is 0 Å². The molecule has 7 rings (SSSR count). The number of likely N-dealkylation sites (tertiary alicyclic amines) is 3. The van der Waals surface area contributed by atoms with Gasteiger partial charge in [-0.05, 0) is 82.9 Å². The molecule has 3 fully saturated rings. The van der Waals surface area contributed by atoms with Crippen LogP contribution in [0.4, 0.5) is 10.6 Å². The van der Waals surface area contributed by atoms with Crippen LogP contribution >= 0.6 is 0 Å². The Labute approximate surface area is 270 Å². The summed E-state index contributed by atoms with van der Waals surface area (Å²) in [6.07, 6.45) is 5.39. The van der Waals surface area contributed by atoms with Crippen molar-refractivity contribution < 1.29 is 14.3 Å². The third-order valence-corrected chi connectivity index (χ3v) is 9.51. The number of nitrogen functional groups attached to an aromatic ring is 1. The lowest BCUT2D eigenvalue weighted by Crippen LogP contribution is -2.64. The number of ether oxygens (including phenoxy) is 2. The summed E-state index contributed by atoms with van der Waals surface area (Å²) >= 11 is 0. The summed E-state index contributed by atoms with van der Waals surface area (Å²) in [5.41, 5.74) is 8.50. The Balaban J connectivity index is 0.956. The number of nitrogens with zero attached hydrogens (tertiary/aromatic N) is 7. The Bertz CT molecular complexity index is 1650. The number of nitrogens with two attached hydrogens (primary N) is 1. The van der Waals surface area contributed by atoms with Gasteiger partial charge in [0.15, 0.2) is 5.65 Å². The van der Waals surface area contributed by atoms with Crippen molar-refractivity contribution in [3.63, 3.8) is 0 Å². The van der Waals surface area contributed by atoms with E-state index in [0.29, 0.717) is 17.9 Å². The molecule has 5 heterocycles. The second-order valence-corrected chi connectivity index (χ2v) is 13.8. The van der Waals surface area contributed by atoms with Crippen LogP contribution in [0.3, 0.4) is 0 Å². The van der Waals surface area contributed by atoms with E-state index < -0.39 is 5.60 Å². The molecule has 3 aliphatic heterocycles. The van der Waals surface area contributed by atoms with E-state index in [-0.39, 0.29) is 12.1 Å². The SMILES string of the molecule is CC(C)(C)OC(=O)N1CCC(N2CC(N3CCC(n4nc(-c5ccc(Oc6ccccc6)cc5)c5c(N)ncnc54)CC3)C2)CC1. The van der Waals surface area contributed by atoms with E-state index in [2.05, 4.69) is 24.4 Å². The number of aromatic nitrogens is 4. The highest BCUT2D eigenvalue weighted by atomic mass is 16.6. The number of benzene rings is 2. The number of carbonyl (C=O) groups excluding carboxylic acids is 1.